The molecule has 8 N–H and O–H groups in total. The highest BCUT2D eigenvalue weighted by Crippen LogP contribution is 2.20. The number of ketones is 1. The van der Waals surface area contributed by atoms with Crippen LogP contribution in [0.3, 0.4) is 0 Å². The first kappa shape index (κ1) is 21.9. The molecule has 0 saturated carbocycles. The number of benzene rings is 1. The van der Waals surface area contributed by atoms with Crippen LogP contribution in [0.5, 0.6) is 5.75 Å². The number of nitrogen functional groups attached to an aromatic ring is 1. The monoisotopic (exact) mass is 378 g/mol. The van der Waals surface area contributed by atoms with Gasteiger partial charge in [-0.25, -0.2) is 4.79 Å². The molecule has 1 aromatic carbocycles. The smallest absolute Gasteiger partial charge is 0.339 e. The van der Waals surface area contributed by atoms with E-state index < -0.39 is 29.3 Å². The van der Waals surface area contributed by atoms with Crippen LogP contribution < -0.4 is 21.9 Å². The van der Waals surface area contributed by atoms with Gasteiger partial charge in [0.25, 0.3) is 0 Å². The van der Waals surface area contributed by atoms with Gasteiger partial charge in [0.2, 0.25) is 0 Å². The van der Waals surface area contributed by atoms with Gasteiger partial charge in [-0.15, -0.1) is 0 Å². The fraction of sp³-hybridized carbons (Fsp3) is 0.353. The van der Waals surface area contributed by atoms with Crippen molar-refractivity contribution in [2.75, 3.05) is 0 Å². The number of Topliss-reactive ketones (excluding diaryl/α,β-unsaturated/α-hetero) is 1. The van der Waals surface area contributed by atoms with Gasteiger partial charge in [-0.05, 0) is 37.1 Å². The average molecular weight is 378 g/mol. The first-order valence-electron chi connectivity index (χ1n) is 8.02. The lowest BCUT2D eigenvalue weighted by molar-refractivity contribution is -0.148. The standard InChI is InChI=1S/C17H22N4O6/c18-12(7-9-22)14(25)17(21,8-1-2-13(23)24)16(26)27-11-5-3-10(4-6-11)15(19)20/h3-6,9,12H,1-2,7-8,18,21H2,(H3,19,20)(H,23,24). The van der Waals surface area contributed by atoms with Crippen molar-refractivity contribution < 1.29 is 29.0 Å². The summed E-state index contributed by atoms with van der Waals surface area (Å²) in [5.74, 6) is -3.27. The minimum atomic E-state index is -2.20. The summed E-state index contributed by atoms with van der Waals surface area (Å²) in [6, 6.07) is 4.29. The Labute approximate surface area is 155 Å². The van der Waals surface area contributed by atoms with E-state index in [2.05, 4.69) is 0 Å². The Morgan fingerprint density at radius 3 is 2.33 bits per heavy atom. The van der Waals surface area contributed by atoms with Crippen LogP contribution in [0.1, 0.15) is 31.2 Å². The van der Waals surface area contributed by atoms with E-state index in [-0.39, 0.29) is 37.3 Å². The van der Waals surface area contributed by atoms with Gasteiger partial charge in [0.05, 0.1) is 6.04 Å². The second-order valence-electron chi connectivity index (χ2n) is 5.92. The number of carboxylic acid groups (broad SMARTS) is 1. The minimum Gasteiger partial charge on any atom is -0.481 e. The van der Waals surface area contributed by atoms with Crippen LogP contribution in [0.15, 0.2) is 24.3 Å². The third-order valence-corrected chi connectivity index (χ3v) is 3.83. The number of esters is 1. The number of carbonyl (C=O) groups excluding carboxylic acids is 3. The van der Waals surface area contributed by atoms with Crippen LogP contribution in [0.4, 0.5) is 0 Å². The Morgan fingerprint density at radius 1 is 1.26 bits per heavy atom. The van der Waals surface area contributed by atoms with Crippen molar-refractivity contribution >= 4 is 29.8 Å². The predicted molar refractivity (Wildman–Crippen MR) is 95.2 cm³/mol. The number of ether oxygens (including phenoxy) is 1. The molecule has 10 nitrogen and oxygen atoms in total. The zero-order valence-corrected chi connectivity index (χ0v) is 14.5. The van der Waals surface area contributed by atoms with Crippen LogP contribution in [0, 0.1) is 5.41 Å². The molecule has 0 saturated heterocycles. The lowest BCUT2D eigenvalue weighted by atomic mass is 9.84. The number of nitrogens with two attached hydrogens (primary N) is 3. The maximum atomic E-state index is 12.6. The van der Waals surface area contributed by atoms with Crippen LogP contribution in [0.2, 0.25) is 0 Å². The van der Waals surface area contributed by atoms with Crippen LogP contribution >= 0.6 is 0 Å². The van der Waals surface area contributed by atoms with Gasteiger partial charge in [-0.3, -0.25) is 15.0 Å². The topological polar surface area (TPSA) is 200 Å². The van der Waals surface area contributed by atoms with Gasteiger partial charge in [0, 0.05) is 18.4 Å². The maximum Gasteiger partial charge on any atom is 0.339 e. The number of carbonyl (C=O) groups is 4. The number of nitrogens with one attached hydrogen (secondary N) is 1. The van der Waals surface area contributed by atoms with E-state index in [0.29, 0.717) is 11.8 Å². The van der Waals surface area contributed by atoms with E-state index in [1.165, 1.54) is 24.3 Å². The van der Waals surface area contributed by atoms with E-state index in [0.717, 1.165) is 0 Å². The highest BCUT2D eigenvalue weighted by molar-refractivity contribution is 6.11. The molecule has 0 aliphatic carbocycles. The lowest BCUT2D eigenvalue weighted by Crippen LogP contribution is -2.61. The van der Waals surface area contributed by atoms with Crippen molar-refractivity contribution in [2.45, 2.75) is 37.3 Å². The van der Waals surface area contributed by atoms with Crippen LogP contribution in [-0.2, 0) is 19.2 Å². The molecular weight excluding hydrogens is 356 g/mol. The molecule has 27 heavy (non-hydrogen) atoms. The van der Waals surface area contributed by atoms with Crippen LogP contribution in [0.25, 0.3) is 0 Å². The molecule has 0 amide bonds. The molecule has 0 bridgehead atoms. The maximum absolute atomic E-state index is 12.6. The summed E-state index contributed by atoms with van der Waals surface area (Å²) < 4.78 is 5.13. The zero-order chi connectivity index (χ0) is 20.6. The van der Waals surface area contributed by atoms with Crippen molar-refractivity contribution in [3.8, 4) is 5.75 Å². The number of hydrogen-bond acceptors (Lipinski definition) is 8. The van der Waals surface area contributed by atoms with E-state index >= 15 is 0 Å². The molecule has 2 unspecified atom stereocenters. The molecule has 1 rings (SSSR count). The van der Waals surface area contributed by atoms with E-state index in [4.69, 9.17) is 32.5 Å². The fourth-order valence-corrected chi connectivity index (χ4v) is 2.29. The number of carboxylic acids is 1. The van der Waals surface area contributed by atoms with Crippen LogP contribution in [-0.4, -0.2) is 46.5 Å². The molecule has 0 fully saturated rings. The zero-order valence-electron chi connectivity index (χ0n) is 14.5. The Bertz CT molecular complexity index is 733. The summed E-state index contributed by atoms with van der Waals surface area (Å²) >= 11 is 0. The summed E-state index contributed by atoms with van der Waals surface area (Å²) in [4.78, 5) is 46.4. The largest absolute Gasteiger partial charge is 0.481 e. The summed E-state index contributed by atoms with van der Waals surface area (Å²) in [5.41, 5.74) is 15.1. The van der Waals surface area contributed by atoms with E-state index in [9.17, 15) is 19.2 Å². The Balaban J connectivity index is 3.02. The molecule has 10 heteroatoms. The highest BCUT2D eigenvalue weighted by Gasteiger charge is 2.45. The van der Waals surface area contributed by atoms with Gasteiger partial charge in [-0.2, -0.15) is 0 Å². The normalized spacial score (nSPS) is 13.9. The molecule has 0 aliphatic rings. The third kappa shape index (κ3) is 5.97. The Hall–Kier alpha value is -3.11. The van der Waals surface area contributed by atoms with Gasteiger partial charge in [0.15, 0.2) is 11.3 Å². The molecule has 0 spiro atoms. The van der Waals surface area contributed by atoms with Gasteiger partial charge in [0.1, 0.15) is 17.9 Å². The molecule has 0 heterocycles. The second kappa shape index (κ2) is 9.55. The first-order valence-corrected chi connectivity index (χ1v) is 8.02. The summed E-state index contributed by atoms with van der Waals surface area (Å²) in [6.45, 7) is 0. The summed E-state index contributed by atoms with van der Waals surface area (Å²) in [5, 5.41) is 16.1. The molecule has 0 aromatic heterocycles. The summed E-state index contributed by atoms with van der Waals surface area (Å²) in [6.07, 6.45) is -0.599. The van der Waals surface area contributed by atoms with Crippen molar-refractivity contribution in [1.29, 1.82) is 5.41 Å². The highest BCUT2D eigenvalue weighted by atomic mass is 16.5. The van der Waals surface area contributed by atoms with E-state index in [1.54, 1.807) is 0 Å². The van der Waals surface area contributed by atoms with Crippen molar-refractivity contribution in [2.24, 2.45) is 17.2 Å². The first-order chi connectivity index (χ1) is 12.6. The Morgan fingerprint density at radius 2 is 1.85 bits per heavy atom. The van der Waals surface area contributed by atoms with Gasteiger partial charge < -0.3 is 31.8 Å². The number of aliphatic carboxylic acids is 1. The van der Waals surface area contributed by atoms with Crippen molar-refractivity contribution in [3.05, 3.63) is 29.8 Å². The Kier molecular flexibility index (Phi) is 7.76. The third-order valence-electron chi connectivity index (χ3n) is 3.83. The fourth-order valence-electron chi connectivity index (χ4n) is 2.29. The quantitative estimate of drug-likeness (QED) is 0.0825. The SMILES string of the molecule is N=C(N)c1ccc(OC(=O)C(N)(CCCC(=O)O)C(=O)C(N)CC=O)cc1. The molecule has 146 valence electrons. The molecule has 0 aliphatic heterocycles. The summed E-state index contributed by atoms with van der Waals surface area (Å²) in [7, 11) is 0. The van der Waals surface area contributed by atoms with Gasteiger partial charge >= 0.3 is 11.9 Å². The van der Waals surface area contributed by atoms with Crippen molar-refractivity contribution in [3.63, 3.8) is 0 Å². The van der Waals surface area contributed by atoms with Crippen molar-refractivity contribution in [1.82, 2.24) is 0 Å². The predicted octanol–water partition coefficient (Wildman–Crippen LogP) is -0.686. The molecular formula is C17H22N4O6. The van der Waals surface area contributed by atoms with Gasteiger partial charge in [-0.1, -0.05) is 0 Å². The number of rotatable bonds is 11. The molecule has 0 radical (unpaired) electrons. The number of aldehydes is 1. The van der Waals surface area contributed by atoms with E-state index in [1.807, 2.05) is 0 Å². The average Bonchev–Trinajstić information content (AvgIpc) is 2.61. The second-order valence-corrected chi connectivity index (χ2v) is 5.92. The minimum absolute atomic E-state index is 0.0508. The number of amidine groups is 1. The molecule has 2 atom stereocenters. The number of hydrogen-bond donors (Lipinski definition) is 5. The lowest BCUT2D eigenvalue weighted by Gasteiger charge is -2.27. The molecule has 1 aromatic rings.